The molecule has 0 spiro atoms. The van der Waals surface area contributed by atoms with Crippen LogP contribution in [0.3, 0.4) is 0 Å². The Morgan fingerprint density at radius 1 is 0.897 bits per heavy atom. The van der Waals surface area contributed by atoms with Gasteiger partial charge in [-0.25, -0.2) is 4.90 Å². The molecule has 1 saturated heterocycles. The van der Waals surface area contributed by atoms with Crippen molar-refractivity contribution in [1.82, 2.24) is 4.90 Å². The maximum absolute atomic E-state index is 13.6. The first kappa shape index (κ1) is 19.2. The summed E-state index contributed by atoms with van der Waals surface area (Å²) in [6.07, 6.45) is 2.06. The van der Waals surface area contributed by atoms with Crippen LogP contribution in [-0.2, 0) is 9.59 Å². The van der Waals surface area contributed by atoms with Gasteiger partial charge >= 0.3 is 0 Å². The van der Waals surface area contributed by atoms with Crippen molar-refractivity contribution >= 4 is 28.8 Å². The monoisotopic (exact) mass is 389 g/mol. The first-order chi connectivity index (χ1) is 14.0. The van der Waals surface area contributed by atoms with Gasteiger partial charge in [-0.05, 0) is 42.5 Å². The minimum atomic E-state index is -0.245. The van der Waals surface area contributed by atoms with Crippen molar-refractivity contribution in [2.45, 2.75) is 19.8 Å². The fourth-order valence-electron chi connectivity index (χ4n) is 4.05. The van der Waals surface area contributed by atoms with Crippen molar-refractivity contribution in [2.24, 2.45) is 5.92 Å². The van der Waals surface area contributed by atoms with Crippen LogP contribution in [0.4, 0.5) is 11.4 Å². The Labute approximate surface area is 172 Å². The zero-order valence-corrected chi connectivity index (χ0v) is 17.3. The summed E-state index contributed by atoms with van der Waals surface area (Å²) in [6.45, 7) is 3.85. The normalized spacial score (nSPS) is 18.0. The molecule has 1 fully saturated rings. The van der Waals surface area contributed by atoms with Crippen LogP contribution in [0.1, 0.15) is 25.3 Å². The van der Waals surface area contributed by atoms with Crippen LogP contribution in [0.2, 0.25) is 0 Å². The van der Waals surface area contributed by atoms with Crippen molar-refractivity contribution < 1.29 is 9.59 Å². The number of hydrogen-bond donors (Lipinski definition) is 0. The summed E-state index contributed by atoms with van der Waals surface area (Å²) in [5, 5.41) is 0. The lowest BCUT2D eigenvalue weighted by atomic mass is 9.97. The largest absolute Gasteiger partial charge is 0.378 e. The zero-order valence-electron chi connectivity index (χ0n) is 17.3. The molecule has 2 heterocycles. The number of hydrogen-bond acceptors (Lipinski definition) is 4. The molecular formula is C24H27N3O2. The van der Waals surface area contributed by atoms with E-state index in [2.05, 4.69) is 11.8 Å². The third kappa shape index (κ3) is 3.53. The Kier molecular flexibility index (Phi) is 5.14. The number of benzene rings is 2. The third-order valence-corrected chi connectivity index (χ3v) is 5.83. The van der Waals surface area contributed by atoms with Gasteiger partial charge in [-0.15, -0.1) is 0 Å². The van der Waals surface area contributed by atoms with E-state index in [0.717, 1.165) is 37.2 Å². The Balaban J connectivity index is 1.79. The molecule has 2 aliphatic rings. The van der Waals surface area contributed by atoms with Gasteiger partial charge < -0.3 is 9.80 Å². The minimum absolute atomic E-state index is 0.223. The molecule has 0 bridgehead atoms. The Bertz CT molecular complexity index is 957. The second-order valence-electron chi connectivity index (χ2n) is 8.12. The Morgan fingerprint density at radius 3 is 2.24 bits per heavy atom. The van der Waals surface area contributed by atoms with Crippen molar-refractivity contribution in [1.29, 1.82) is 0 Å². The molecule has 0 aromatic heterocycles. The second kappa shape index (κ2) is 7.74. The predicted octanol–water partition coefficient (Wildman–Crippen LogP) is 3.77. The highest BCUT2D eigenvalue weighted by Gasteiger charge is 2.43. The molecule has 0 N–H and O–H groups in total. The van der Waals surface area contributed by atoms with Crippen molar-refractivity contribution in [3.63, 3.8) is 0 Å². The van der Waals surface area contributed by atoms with Crippen molar-refractivity contribution in [3.8, 4) is 0 Å². The molecule has 4 rings (SSSR count). The number of amides is 2. The molecule has 0 radical (unpaired) electrons. The average Bonchev–Trinajstić information content (AvgIpc) is 2.99. The van der Waals surface area contributed by atoms with Gasteiger partial charge in [-0.3, -0.25) is 9.59 Å². The number of anilines is 2. The fourth-order valence-corrected chi connectivity index (χ4v) is 4.05. The lowest BCUT2D eigenvalue weighted by Crippen LogP contribution is -2.38. The molecule has 29 heavy (non-hydrogen) atoms. The maximum atomic E-state index is 13.6. The number of nitrogens with zero attached hydrogens (tertiary/aromatic N) is 3. The van der Waals surface area contributed by atoms with Crippen LogP contribution in [0.25, 0.3) is 5.57 Å². The first-order valence-corrected chi connectivity index (χ1v) is 10.2. The van der Waals surface area contributed by atoms with E-state index >= 15 is 0 Å². The lowest BCUT2D eigenvalue weighted by molar-refractivity contribution is -0.120. The molecule has 5 heteroatoms. The van der Waals surface area contributed by atoms with E-state index in [1.807, 2.05) is 73.6 Å². The average molecular weight is 389 g/mol. The highest BCUT2D eigenvalue weighted by atomic mass is 16.2. The van der Waals surface area contributed by atoms with E-state index in [9.17, 15) is 9.59 Å². The van der Waals surface area contributed by atoms with Gasteiger partial charge in [-0.2, -0.15) is 0 Å². The van der Waals surface area contributed by atoms with Crippen LogP contribution in [0, 0.1) is 5.92 Å². The summed E-state index contributed by atoms with van der Waals surface area (Å²) >= 11 is 0. The van der Waals surface area contributed by atoms with E-state index in [4.69, 9.17) is 0 Å². The van der Waals surface area contributed by atoms with Crippen LogP contribution >= 0.6 is 0 Å². The van der Waals surface area contributed by atoms with Gasteiger partial charge in [0.15, 0.2) is 0 Å². The van der Waals surface area contributed by atoms with Crippen LogP contribution in [-0.4, -0.2) is 43.9 Å². The second-order valence-corrected chi connectivity index (χ2v) is 8.12. The number of likely N-dealkylation sites (tertiary alicyclic amines) is 1. The molecular weight excluding hydrogens is 362 g/mol. The number of rotatable bonds is 4. The zero-order chi connectivity index (χ0) is 20.5. The number of carbonyl (C=O) groups excluding carboxylic acids is 2. The lowest BCUT2D eigenvalue weighted by Gasteiger charge is -2.32. The van der Waals surface area contributed by atoms with Gasteiger partial charge in [-0.1, -0.05) is 43.3 Å². The van der Waals surface area contributed by atoms with E-state index in [-0.39, 0.29) is 11.8 Å². The summed E-state index contributed by atoms with van der Waals surface area (Å²) in [5.74, 6) is 0.178. The van der Waals surface area contributed by atoms with Gasteiger partial charge in [0.1, 0.15) is 5.70 Å². The van der Waals surface area contributed by atoms with Crippen molar-refractivity contribution in [2.75, 3.05) is 37.0 Å². The molecule has 0 aliphatic carbocycles. The van der Waals surface area contributed by atoms with E-state index in [1.54, 1.807) is 0 Å². The minimum Gasteiger partial charge on any atom is -0.378 e. The maximum Gasteiger partial charge on any atom is 0.282 e. The van der Waals surface area contributed by atoms with Gasteiger partial charge in [0.05, 0.1) is 11.3 Å². The van der Waals surface area contributed by atoms with Gasteiger partial charge in [0.2, 0.25) is 0 Å². The summed E-state index contributed by atoms with van der Waals surface area (Å²) in [5.41, 5.74) is 3.42. The topological polar surface area (TPSA) is 43.9 Å². The smallest absolute Gasteiger partial charge is 0.282 e. The summed E-state index contributed by atoms with van der Waals surface area (Å²) in [4.78, 5) is 32.5. The van der Waals surface area contributed by atoms with E-state index in [0.29, 0.717) is 22.9 Å². The standard InChI is InChI=1S/C24H27N3O2/c1-17-12-14-26(15-13-17)22-21(18-8-5-4-6-9-18)23(28)27(24(22)29)20-11-7-10-19(16-20)25(2)3/h4-11,16-17H,12-15H2,1-3H3. The summed E-state index contributed by atoms with van der Waals surface area (Å²) < 4.78 is 0. The van der Waals surface area contributed by atoms with E-state index in [1.165, 1.54) is 4.90 Å². The molecule has 2 aromatic rings. The highest BCUT2D eigenvalue weighted by molar-refractivity contribution is 6.45. The molecule has 2 aromatic carbocycles. The fraction of sp³-hybridized carbons (Fsp3) is 0.333. The summed E-state index contributed by atoms with van der Waals surface area (Å²) in [6, 6.07) is 17.1. The van der Waals surface area contributed by atoms with Crippen LogP contribution in [0.15, 0.2) is 60.3 Å². The molecule has 0 atom stereocenters. The molecule has 5 nitrogen and oxygen atoms in total. The number of piperidine rings is 1. The predicted molar refractivity (Wildman–Crippen MR) is 117 cm³/mol. The number of imide groups is 1. The van der Waals surface area contributed by atoms with Gasteiger partial charge in [0.25, 0.3) is 11.8 Å². The van der Waals surface area contributed by atoms with E-state index < -0.39 is 0 Å². The van der Waals surface area contributed by atoms with Gasteiger partial charge in [0, 0.05) is 32.9 Å². The molecule has 2 amide bonds. The number of carbonyl (C=O) groups is 2. The Hall–Kier alpha value is -3.08. The summed E-state index contributed by atoms with van der Waals surface area (Å²) in [7, 11) is 3.89. The molecule has 0 saturated carbocycles. The molecule has 0 unspecified atom stereocenters. The Morgan fingerprint density at radius 2 is 1.59 bits per heavy atom. The first-order valence-electron chi connectivity index (χ1n) is 10.2. The van der Waals surface area contributed by atoms with Crippen LogP contribution in [0.5, 0.6) is 0 Å². The third-order valence-electron chi connectivity index (χ3n) is 5.83. The quantitative estimate of drug-likeness (QED) is 0.747. The highest BCUT2D eigenvalue weighted by Crippen LogP contribution is 2.37. The molecule has 2 aliphatic heterocycles. The SMILES string of the molecule is CC1CCN(C2=C(c3ccccc3)C(=O)N(c3cccc(N(C)C)c3)C2=O)CC1. The van der Waals surface area contributed by atoms with Crippen LogP contribution < -0.4 is 9.80 Å². The molecule has 150 valence electrons. The van der Waals surface area contributed by atoms with Crippen molar-refractivity contribution in [3.05, 3.63) is 65.9 Å².